The Morgan fingerprint density at radius 2 is 0.632 bits per heavy atom. The monoisotopic (exact) mass is 358 g/mol. The number of unbranched alkanes of at least 4 members (excludes halogenated alkanes) is 13. The molecule has 0 aliphatic rings. The van der Waals surface area contributed by atoms with Gasteiger partial charge in [-0.15, -0.1) is 0 Å². The molecule has 0 N–H and O–H groups in total. The zero-order valence-electron chi connectivity index (χ0n) is 13.2. The van der Waals surface area contributed by atoms with Gasteiger partial charge in [0.15, 0.2) is 0 Å². The van der Waals surface area contributed by atoms with E-state index in [0.29, 0.717) is 0 Å². The van der Waals surface area contributed by atoms with Gasteiger partial charge in [0.1, 0.15) is 0 Å². The molecule has 0 fully saturated rings. The first-order chi connectivity index (χ1) is 8.91. The standard InChI is InChI=1S/C16H34.CHO.Rh/c1-3-5-7-9-11-13-15-16-14-12-10-8-6-4-2;1-2;/h3-16H2,1-2H3;1H;/q;-1;. The first-order valence-corrected chi connectivity index (χ1v) is 8.15. The van der Waals surface area contributed by atoms with Crippen LogP contribution in [0.25, 0.3) is 0 Å². The van der Waals surface area contributed by atoms with E-state index in [4.69, 9.17) is 4.79 Å². The molecule has 0 spiro atoms. The summed E-state index contributed by atoms with van der Waals surface area (Å²) in [5.74, 6) is 0. The van der Waals surface area contributed by atoms with Gasteiger partial charge in [0, 0.05) is 19.5 Å². The van der Waals surface area contributed by atoms with Crippen LogP contribution in [0.15, 0.2) is 0 Å². The molecule has 0 aromatic carbocycles. The summed E-state index contributed by atoms with van der Waals surface area (Å²) in [6, 6.07) is 0. The van der Waals surface area contributed by atoms with E-state index < -0.39 is 0 Å². The number of carbonyl (C=O) groups excluding carboxylic acids is 1. The second kappa shape index (κ2) is 26.8. The van der Waals surface area contributed by atoms with Gasteiger partial charge in [0.05, 0.1) is 0 Å². The summed E-state index contributed by atoms with van der Waals surface area (Å²) >= 11 is 0. The van der Waals surface area contributed by atoms with E-state index in [0.717, 1.165) is 0 Å². The summed E-state index contributed by atoms with van der Waals surface area (Å²) in [5.41, 5.74) is 0. The Bertz CT molecular complexity index is 114. The van der Waals surface area contributed by atoms with Crippen LogP contribution < -0.4 is 0 Å². The van der Waals surface area contributed by atoms with Gasteiger partial charge in [0.25, 0.3) is 0 Å². The number of hydrogen-bond acceptors (Lipinski definition) is 1. The van der Waals surface area contributed by atoms with Crippen LogP contribution in [-0.2, 0) is 24.3 Å². The first kappa shape index (κ1) is 24.3. The molecule has 1 nitrogen and oxygen atoms in total. The third-order valence-electron chi connectivity index (χ3n) is 3.46. The number of hydrogen-bond donors (Lipinski definition) is 0. The Kier molecular flexibility index (Phi) is 34.3. The summed E-state index contributed by atoms with van der Waals surface area (Å²) in [7, 11) is 0. The molecule has 0 aliphatic heterocycles. The third-order valence-corrected chi connectivity index (χ3v) is 3.46. The minimum absolute atomic E-state index is 0. The molecule has 0 saturated heterocycles. The maximum Gasteiger partial charge on any atom is 0 e. The van der Waals surface area contributed by atoms with Crippen LogP contribution in [0.4, 0.5) is 0 Å². The van der Waals surface area contributed by atoms with Crippen LogP contribution in [0.5, 0.6) is 0 Å². The van der Waals surface area contributed by atoms with Crippen LogP contribution in [-0.4, -0.2) is 6.79 Å². The Morgan fingerprint density at radius 1 is 0.474 bits per heavy atom. The quantitative estimate of drug-likeness (QED) is 0.165. The first-order valence-electron chi connectivity index (χ1n) is 8.15. The predicted molar refractivity (Wildman–Crippen MR) is 82.7 cm³/mol. The van der Waals surface area contributed by atoms with Crippen molar-refractivity contribution < 1.29 is 24.3 Å². The van der Waals surface area contributed by atoms with Crippen molar-refractivity contribution in [2.45, 2.75) is 104 Å². The van der Waals surface area contributed by atoms with Crippen LogP contribution >= 0.6 is 0 Å². The number of rotatable bonds is 13. The van der Waals surface area contributed by atoms with Crippen molar-refractivity contribution in [3.05, 3.63) is 0 Å². The van der Waals surface area contributed by atoms with Crippen molar-refractivity contribution in [2.24, 2.45) is 0 Å². The zero-order valence-corrected chi connectivity index (χ0v) is 14.9. The van der Waals surface area contributed by atoms with Crippen LogP contribution in [0.1, 0.15) is 104 Å². The molecule has 2 heteroatoms. The maximum atomic E-state index is 7.75. The molecule has 0 heterocycles. The van der Waals surface area contributed by atoms with Crippen molar-refractivity contribution in [1.82, 2.24) is 0 Å². The second-order valence-corrected chi connectivity index (χ2v) is 5.24. The summed E-state index contributed by atoms with van der Waals surface area (Å²) < 4.78 is 0. The molecule has 0 rings (SSSR count). The summed E-state index contributed by atoms with van der Waals surface area (Å²) in [4.78, 5) is 7.75. The van der Waals surface area contributed by atoms with Gasteiger partial charge >= 0.3 is 0 Å². The van der Waals surface area contributed by atoms with Gasteiger partial charge in [-0.05, 0) is 0 Å². The topological polar surface area (TPSA) is 17.1 Å². The fourth-order valence-electron chi connectivity index (χ4n) is 2.27. The second-order valence-electron chi connectivity index (χ2n) is 5.24. The Balaban J connectivity index is -0.000000809. The van der Waals surface area contributed by atoms with Crippen LogP contribution in [0.3, 0.4) is 0 Å². The normalized spacial score (nSPS) is 9.37. The fraction of sp³-hybridized carbons (Fsp3) is 0.941. The van der Waals surface area contributed by atoms with E-state index in [9.17, 15) is 0 Å². The van der Waals surface area contributed by atoms with E-state index >= 15 is 0 Å². The largest absolute Gasteiger partial charge is 0.545 e. The third kappa shape index (κ3) is 27.5. The maximum absolute atomic E-state index is 7.75. The van der Waals surface area contributed by atoms with Gasteiger partial charge in [-0.1, -0.05) is 104 Å². The average Bonchev–Trinajstić information content (AvgIpc) is 2.42. The van der Waals surface area contributed by atoms with Crippen molar-refractivity contribution in [3.8, 4) is 0 Å². The van der Waals surface area contributed by atoms with Crippen molar-refractivity contribution in [3.63, 3.8) is 0 Å². The molecule has 0 aliphatic carbocycles. The summed E-state index contributed by atoms with van der Waals surface area (Å²) in [5, 5.41) is 0. The SMILES string of the molecule is CCCCCCCCCCCCCCCC.[CH-]=O.[Rh]. The van der Waals surface area contributed by atoms with Gasteiger partial charge in [-0.25, -0.2) is 0 Å². The van der Waals surface area contributed by atoms with E-state index in [-0.39, 0.29) is 19.5 Å². The Hall–Kier alpha value is 0.293. The molecule has 0 unspecified atom stereocenters. The zero-order chi connectivity index (χ0) is 13.9. The summed E-state index contributed by atoms with van der Waals surface area (Å²) in [6.45, 7) is 7.83. The Morgan fingerprint density at radius 3 is 0.789 bits per heavy atom. The van der Waals surface area contributed by atoms with Gasteiger partial charge in [-0.3, -0.25) is 6.79 Å². The minimum atomic E-state index is 0. The smallest absolute Gasteiger partial charge is 0 e. The molecule has 0 aromatic rings. The molecule has 0 atom stereocenters. The van der Waals surface area contributed by atoms with Crippen molar-refractivity contribution in [2.75, 3.05) is 0 Å². The predicted octanol–water partition coefficient (Wildman–Crippen LogP) is 6.21. The molecule has 0 aromatic heterocycles. The van der Waals surface area contributed by atoms with Crippen molar-refractivity contribution >= 4 is 6.79 Å². The van der Waals surface area contributed by atoms with E-state index in [1.807, 2.05) is 0 Å². The molecule has 19 heavy (non-hydrogen) atoms. The van der Waals surface area contributed by atoms with Crippen molar-refractivity contribution in [1.29, 1.82) is 0 Å². The van der Waals surface area contributed by atoms with Gasteiger partial charge in [0.2, 0.25) is 0 Å². The van der Waals surface area contributed by atoms with Crippen LogP contribution in [0.2, 0.25) is 0 Å². The molecule has 119 valence electrons. The molecular formula is C17H35ORh-. The van der Waals surface area contributed by atoms with Gasteiger partial charge < -0.3 is 4.79 Å². The summed E-state index contributed by atoms with van der Waals surface area (Å²) in [6.07, 6.45) is 20.4. The fourth-order valence-corrected chi connectivity index (χ4v) is 2.27. The molecular weight excluding hydrogens is 323 g/mol. The molecule has 0 bridgehead atoms. The average molecular weight is 358 g/mol. The molecule has 0 saturated carbocycles. The van der Waals surface area contributed by atoms with E-state index in [2.05, 4.69) is 20.6 Å². The molecule has 0 amide bonds. The van der Waals surface area contributed by atoms with E-state index in [1.165, 1.54) is 89.9 Å². The molecule has 1 radical (unpaired) electrons. The minimum Gasteiger partial charge on any atom is -0.545 e. The van der Waals surface area contributed by atoms with Crippen LogP contribution in [0, 0.1) is 0 Å². The van der Waals surface area contributed by atoms with E-state index in [1.54, 1.807) is 0 Å². The Labute approximate surface area is 135 Å². The van der Waals surface area contributed by atoms with Gasteiger partial charge in [-0.2, -0.15) is 0 Å².